The van der Waals surface area contributed by atoms with Gasteiger partial charge in [-0.25, -0.2) is 4.98 Å². The number of thiazole rings is 1. The zero-order valence-corrected chi connectivity index (χ0v) is 15.4. The highest BCUT2D eigenvalue weighted by Crippen LogP contribution is 2.33. The van der Waals surface area contributed by atoms with Gasteiger partial charge in [0.25, 0.3) is 0 Å². The molecule has 1 aromatic heterocycles. The third-order valence-electron chi connectivity index (χ3n) is 4.55. The fourth-order valence-electron chi connectivity index (χ4n) is 3.26. The lowest BCUT2D eigenvalue weighted by Crippen LogP contribution is -2.23. The van der Waals surface area contributed by atoms with Crippen molar-refractivity contribution in [2.75, 3.05) is 19.6 Å². The molecule has 1 aliphatic rings. The number of hydrogen-bond acceptors (Lipinski definition) is 4. The summed E-state index contributed by atoms with van der Waals surface area (Å²) in [7, 11) is 0. The highest BCUT2D eigenvalue weighted by molar-refractivity contribution is 7.11. The van der Waals surface area contributed by atoms with Crippen LogP contribution in [0.2, 0.25) is 0 Å². The summed E-state index contributed by atoms with van der Waals surface area (Å²) in [4.78, 5) is 8.49. The van der Waals surface area contributed by atoms with Crippen LogP contribution in [-0.2, 0) is 6.54 Å². The van der Waals surface area contributed by atoms with Crippen LogP contribution in [0.5, 0.6) is 0 Å². The summed E-state index contributed by atoms with van der Waals surface area (Å²) in [5.74, 6) is 1.67. The summed E-state index contributed by atoms with van der Waals surface area (Å²) in [5.41, 5.74) is 7.44. The molecule has 2 heterocycles. The first-order valence-electron chi connectivity index (χ1n) is 8.09. The second-order valence-corrected chi connectivity index (χ2v) is 7.66. The fraction of sp³-hybridized carbons (Fsp3) is 0.500. The van der Waals surface area contributed by atoms with E-state index in [0.717, 1.165) is 26.2 Å². The van der Waals surface area contributed by atoms with E-state index in [-0.39, 0.29) is 12.4 Å². The first-order valence-corrected chi connectivity index (χ1v) is 8.91. The highest BCUT2D eigenvalue weighted by atomic mass is 35.5. The zero-order chi connectivity index (χ0) is 15.5. The van der Waals surface area contributed by atoms with Crippen molar-refractivity contribution in [2.24, 2.45) is 11.7 Å². The molecule has 0 bridgehead atoms. The number of nitrogens with zero attached hydrogens (tertiary/aromatic N) is 2. The van der Waals surface area contributed by atoms with Gasteiger partial charge in [0.15, 0.2) is 0 Å². The lowest BCUT2D eigenvalue weighted by molar-refractivity contribution is 0.316. The zero-order valence-electron chi connectivity index (χ0n) is 13.8. The Balaban J connectivity index is 0.00000192. The van der Waals surface area contributed by atoms with Gasteiger partial charge >= 0.3 is 0 Å². The molecule has 0 saturated carbocycles. The van der Waals surface area contributed by atoms with E-state index in [1.165, 1.54) is 15.4 Å². The normalized spacial score (nSPS) is 21.6. The summed E-state index contributed by atoms with van der Waals surface area (Å²) < 4.78 is 0. The monoisotopic (exact) mass is 351 g/mol. The smallest absolute Gasteiger partial charge is 0.107 e. The number of nitrogens with two attached hydrogens (primary N) is 1. The van der Waals surface area contributed by atoms with E-state index in [0.29, 0.717) is 17.8 Å². The minimum atomic E-state index is 0. The standard InChI is InChI=1S/C18H25N3S.ClH/c1-13(2)17-9-20-18(22-17)12-21-10-15(8-19)16(11-21)14-6-4-3-5-7-14;/h3-7,9,13,15-16H,8,10-12,19H2,1-2H3;1H/t15-,16+;/m1./s1. The molecule has 2 N–H and O–H groups in total. The van der Waals surface area contributed by atoms with Crippen LogP contribution < -0.4 is 5.73 Å². The summed E-state index contributed by atoms with van der Waals surface area (Å²) in [5, 5.41) is 1.23. The third kappa shape index (κ3) is 4.32. The third-order valence-corrected chi connectivity index (χ3v) is 5.83. The summed E-state index contributed by atoms with van der Waals surface area (Å²) in [6.45, 7) is 8.32. The predicted octanol–water partition coefficient (Wildman–Crippen LogP) is 3.86. The lowest BCUT2D eigenvalue weighted by atomic mass is 9.89. The number of halogens is 1. The average molecular weight is 352 g/mol. The van der Waals surface area contributed by atoms with Crippen molar-refractivity contribution in [3.05, 3.63) is 52.0 Å². The Kier molecular flexibility index (Phi) is 6.60. The van der Waals surface area contributed by atoms with E-state index in [1.807, 2.05) is 17.5 Å². The van der Waals surface area contributed by atoms with Crippen LogP contribution in [0, 0.1) is 5.92 Å². The van der Waals surface area contributed by atoms with Crippen molar-refractivity contribution in [1.29, 1.82) is 0 Å². The van der Waals surface area contributed by atoms with Gasteiger partial charge in [0.05, 0.1) is 6.54 Å². The fourth-order valence-corrected chi connectivity index (χ4v) is 4.23. The van der Waals surface area contributed by atoms with Crippen LogP contribution in [0.3, 0.4) is 0 Å². The van der Waals surface area contributed by atoms with Crippen molar-refractivity contribution >= 4 is 23.7 Å². The van der Waals surface area contributed by atoms with Crippen LogP contribution in [0.25, 0.3) is 0 Å². The summed E-state index contributed by atoms with van der Waals surface area (Å²) >= 11 is 1.85. The van der Waals surface area contributed by atoms with E-state index in [1.54, 1.807) is 0 Å². The van der Waals surface area contributed by atoms with Gasteiger partial charge in [0, 0.05) is 30.1 Å². The molecule has 2 atom stereocenters. The first kappa shape index (κ1) is 18.4. The van der Waals surface area contributed by atoms with Crippen molar-refractivity contribution in [1.82, 2.24) is 9.88 Å². The van der Waals surface area contributed by atoms with Crippen molar-refractivity contribution in [3.63, 3.8) is 0 Å². The molecule has 0 unspecified atom stereocenters. The van der Waals surface area contributed by atoms with Gasteiger partial charge in [0.1, 0.15) is 5.01 Å². The molecular weight excluding hydrogens is 326 g/mol. The molecule has 3 rings (SSSR count). The molecular formula is C18H26ClN3S. The molecule has 2 aromatic rings. The largest absolute Gasteiger partial charge is 0.330 e. The van der Waals surface area contributed by atoms with Crippen LogP contribution in [0.15, 0.2) is 36.5 Å². The quantitative estimate of drug-likeness (QED) is 0.889. The second-order valence-electron chi connectivity index (χ2n) is 6.52. The molecule has 3 nitrogen and oxygen atoms in total. The Morgan fingerprint density at radius 3 is 2.61 bits per heavy atom. The number of benzene rings is 1. The Morgan fingerprint density at radius 1 is 1.26 bits per heavy atom. The number of rotatable bonds is 5. The molecule has 0 amide bonds. The van der Waals surface area contributed by atoms with Gasteiger partial charge in [0.2, 0.25) is 0 Å². The van der Waals surface area contributed by atoms with Crippen LogP contribution >= 0.6 is 23.7 Å². The molecule has 1 aromatic carbocycles. The highest BCUT2D eigenvalue weighted by Gasteiger charge is 2.33. The van der Waals surface area contributed by atoms with Gasteiger partial charge in [-0.05, 0) is 23.9 Å². The minimum Gasteiger partial charge on any atom is -0.330 e. The van der Waals surface area contributed by atoms with E-state index in [4.69, 9.17) is 5.73 Å². The molecule has 1 aliphatic heterocycles. The molecule has 0 aliphatic carbocycles. The first-order chi connectivity index (χ1) is 10.7. The molecule has 0 radical (unpaired) electrons. The van der Waals surface area contributed by atoms with Crippen molar-refractivity contribution in [3.8, 4) is 0 Å². The maximum absolute atomic E-state index is 6.02. The SMILES string of the molecule is CC(C)c1cnc(CN2C[C@@H](CN)[C@H](c3ccccc3)C2)s1.Cl. The van der Waals surface area contributed by atoms with Gasteiger partial charge in [-0.15, -0.1) is 23.7 Å². The molecule has 5 heteroatoms. The van der Waals surface area contributed by atoms with E-state index in [9.17, 15) is 0 Å². The molecule has 0 spiro atoms. The number of aromatic nitrogens is 1. The molecule has 126 valence electrons. The Bertz CT molecular complexity index is 599. The van der Waals surface area contributed by atoms with E-state index >= 15 is 0 Å². The van der Waals surface area contributed by atoms with E-state index in [2.05, 4.69) is 54.1 Å². The second kappa shape index (κ2) is 8.25. The summed E-state index contributed by atoms with van der Waals surface area (Å²) in [6, 6.07) is 10.8. The topological polar surface area (TPSA) is 42.2 Å². The van der Waals surface area contributed by atoms with Gasteiger partial charge in [-0.2, -0.15) is 0 Å². The van der Waals surface area contributed by atoms with Gasteiger partial charge < -0.3 is 5.73 Å². The Hall–Kier alpha value is -0.940. The Labute approximate surface area is 149 Å². The number of likely N-dealkylation sites (tertiary alicyclic amines) is 1. The molecule has 1 fully saturated rings. The van der Waals surface area contributed by atoms with Gasteiger partial charge in [-0.1, -0.05) is 44.2 Å². The Morgan fingerprint density at radius 2 is 2.00 bits per heavy atom. The van der Waals surface area contributed by atoms with Crippen molar-refractivity contribution in [2.45, 2.75) is 32.2 Å². The van der Waals surface area contributed by atoms with Crippen LogP contribution in [-0.4, -0.2) is 29.5 Å². The maximum atomic E-state index is 6.02. The van der Waals surface area contributed by atoms with E-state index < -0.39 is 0 Å². The summed E-state index contributed by atoms with van der Waals surface area (Å²) in [6.07, 6.45) is 2.04. The maximum Gasteiger partial charge on any atom is 0.107 e. The lowest BCUT2D eigenvalue weighted by Gasteiger charge is -2.16. The minimum absolute atomic E-state index is 0. The van der Waals surface area contributed by atoms with Crippen LogP contribution in [0.1, 0.15) is 41.1 Å². The van der Waals surface area contributed by atoms with Crippen LogP contribution in [0.4, 0.5) is 0 Å². The number of hydrogen-bond donors (Lipinski definition) is 1. The molecule has 23 heavy (non-hydrogen) atoms. The van der Waals surface area contributed by atoms with Gasteiger partial charge in [-0.3, -0.25) is 4.90 Å². The predicted molar refractivity (Wildman–Crippen MR) is 100 cm³/mol. The average Bonchev–Trinajstić information content (AvgIpc) is 3.15. The molecule has 1 saturated heterocycles. The van der Waals surface area contributed by atoms with Crippen molar-refractivity contribution < 1.29 is 0 Å².